The molecule has 2 rings (SSSR count). The van der Waals surface area contributed by atoms with Gasteiger partial charge in [0, 0.05) is 12.7 Å². The van der Waals surface area contributed by atoms with Gasteiger partial charge in [0.25, 0.3) is 0 Å². The first-order chi connectivity index (χ1) is 8.04. The molecule has 0 saturated carbocycles. The lowest BCUT2D eigenvalue weighted by Gasteiger charge is -2.35. The first-order valence-corrected chi connectivity index (χ1v) is 5.88. The van der Waals surface area contributed by atoms with E-state index < -0.39 is 23.8 Å². The van der Waals surface area contributed by atoms with Crippen LogP contribution in [0.15, 0.2) is 11.8 Å². The molecule has 0 N–H and O–H groups in total. The molecule has 92 valence electrons. The summed E-state index contributed by atoms with van der Waals surface area (Å²) < 4.78 is 0. The molecule has 1 fully saturated rings. The minimum absolute atomic E-state index is 0.397. The Morgan fingerprint density at radius 1 is 1.18 bits per heavy atom. The molecule has 2 aliphatic rings. The van der Waals surface area contributed by atoms with Crippen LogP contribution in [0, 0.1) is 5.92 Å². The molecular formula is C12H16N2O3. The minimum Gasteiger partial charge on any atom is -0.273 e. The number of amides is 4. The summed E-state index contributed by atoms with van der Waals surface area (Å²) in [6.07, 6.45) is 5.61. The summed E-state index contributed by atoms with van der Waals surface area (Å²) in [4.78, 5) is 37.8. The summed E-state index contributed by atoms with van der Waals surface area (Å²) in [7, 11) is 1.42. The molecule has 5 heteroatoms. The maximum Gasteiger partial charge on any atom is 0.337 e. The zero-order chi connectivity index (χ0) is 12.6. The third-order valence-corrected chi connectivity index (χ3v) is 3.32. The van der Waals surface area contributed by atoms with Gasteiger partial charge in [-0.05, 0) is 32.6 Å². The molecule has 1 heterocycles. The van der Waals surface area contributed by atoms with Gasteiger partial charge in [-0.2, -0.15) is 0 Å². The van der Waals surface area contributed by atoms with E-state index in [0.717, 1.165) is 36.3 Å². The van der Waals surface area contributed by atoms with Crippen LogP contribution in [0.5, 0.6) is 0 Å². The van der Waals surface area contributed by atoms with Crippen LogP contribution in [-0.4, -0.2) is 34.7 Å². The van der Waals surface area contributed by atoms with Crippen LogP contribution in [0.3, 0.4) is 0 Å². The van der Waals surface area contributed by atoms with Gasteiger partial charge < -0.3 is 0 Å². The first kappa shape index (κ1) is 11.8. The Bertz CT molecular complexity index is 390. The average Bonchev–Trinajstić information content (AvgIpc) is 2.36. The number of hydrogen-bond acceptors (Lipinski definition) is 3. The average molecular weight is 236 g/mol. The molecule has 1 aliphatic carbocycles. The second-order valence-corrected chi connectivity index (χ2v) is 4.52. The Kier molecular flexibility index (Phi) is 3.00. The summed E-state index contributed by atoms with van der Waals surface area (Å²) in [6.45, 7) is 1.55. The molecule has 17 heavy (non-hydrogen) atoms. The summed E-state index contributed by atoms with van der Waals surface area (Å²) in [5.41, 5.74) is 0.748. The zero-order valence-corrected chi connectivity index (χ0v) is 10.1. The Morgan fingerprint density at radius 2 is 1.88 bits per heavy atom. The van der Waals surface area contributed by atoms with Gasteiger partial charge in [0.2, 0.25) is 11.8 Å². The van der Waals surface area contributed by atoms with Gasteiger partial charge in [-0.25, -0.2) is 9.69 Å². The van der Waals surface area contributed by atoms with Crippen molar-refractivity contribution in [1.29, 1.82) is 0 Å². The normalized spacial score (nSPS) is 26.4. The molecule has 1 atom stereocenters. The molecule has 0 radical (unpaired) electrons. The summed E-state index contributed by atoms with van der Waals surface area (Å²) in [5, 5.41) is 0. The van der Waals surface area contributed by atoms with Crippen LogP contribution in [0.2, 0.25) is 0 Å². The van der Waals surface area contributed by atoms with Crippen molar-refractivity contribution >= 4 is 17.8 Å². The minimum atomic E-state index is -0.763. The lowest BCUT2D eigenvalue weighted by Crippen LogP contribution is -2.57. The number of imide groups is 2. The standard InChI is InChI=1S/C12H16N2O3/c1-8-10(15)13(2)12(17)14(11(8)16)9-6-4-3-5-7-9/h6,8H,3-5,7H2,1-2H3. The highest BCUT2D eigenvalue weighted by atomic mass is 16.2. The summed E-state index contributed by atoms with van der Waals surface area (Å²) in [6, 6.07) is -0.522. The SMILES string of the molecule is CC1C(=O)N(C)C(=O)N(C2=CCCCC2)C1=O. The Hall–Kier alpha value is -1.65. The Morgan fingerprint density at radius 3 is 2.47 bits per heavy atom. The van der Waals surface area contributed by atoms with Gasteiger partial charge in [0.05, 0.1) is 0 Å². The monoisotopic (exact) mass is 236 g/mol. The van der Waals surface area contributed by atoms with Crippen LogP contribution in [0.1, 0.15) is 32.6 Å². The van der Waals surface area contributed by atoms with Crippen LogP contribution < -0.4 is 0 Å². The topological polar surface area (TPSA) is 57.7 Å². The second kappa shape index (κ2) is 4.31. The highest BCUT2D eigenvalue weighted by Gasteiger charge is 2.43. The van der Waals surface area contributed by atoms with Gasteiger partial charge in [-0.1, -0.05) is 6.08 Å². The van der Waals surface area contributed by atoms with Crippen molar-refractivity contribution in [3.8, 4) is 0 Å². The molecule has 1 saturated heterocycles. The van der Waals surface area contributed by atoms with E-state index in [4.69, 9.17) is 0 Å². The highest BCUT2D eigenvalue weighted by molar-refractivity contribution is 6.16. The third-order valence-electron chi connectivity index (χ3n) is 3.32. The molecule has 0 aromatic heterocycles. The fraction of sp³-hybridized carbons (Fsp3) is 0.583. The van der Waals surface area contributed by atoms with E-state index in [0.29, 0.717) is 0 Å². The molecule has 0 bridgehead atoms. The largest absolute Gasteiger partial charge is 0.337 e. The molecule has 5 nitrogen and oxygen atoms in total. The van der Waals surface area contributed by atoms with Crippen molar-refractivity contribution in [1.82, 2.24) is 9.80 Å². The maximum absolute atomic E-state index is 12.0. The van der Waals surface area contributed by atoms with Crippen LogP contribution in [0.25, 0.3) is 0 Å². The lowest BCUT2D eigenvalue weighted by atomic mass is 10.0. The number of urea groups is 1. The molecule has 0 aromatic carbocycles. The summed E-state index contributed by atoms with van der Waals surface area (Å²) in [5.74, 6) is -1.58. The fourth-order valence-electron chi connectivity index (χ4n) is 2.22. The Labute approximate surface area is 100 Å². The fourth-order valence-corrected chi connectivity index (χ4v) is 2.22. The molecule has 0 spiro atoms. The molecule has 4 amide bonds. The van der Waals surface area contributed by atoms with E-state index in [9.17, 15) is 14.4 Å². The smallest absolute Gasteiger partial charge is 0.273 e. The Balaban J connectivity index is 2.32. The highest BCUT2D eigenvalue weighted by Crippen LogP contribution is 2.26. The van der Waals surface area contributed by atoms with Crippen LogP contribution >= 0.6 is 0 Å². The number of rotatable bonds is 1. The quantitative estimate of drug-likeness (QED) is 0.648. The summed E-state index contributed by atoms with van der Waals surface area (Å²) >= 11 is 0. The van der Waals surface area contributed by atoms with Crippen molar-refractivity contribution in [3.63, 3.8) is 0 Å². The lowest BCUT2D eigenvalue weighted by molar-refractivity contribution is -0.146. The van der Waals surface area contributed by atoms with Crippen molar-refractivity contribution in [3.05, 3.63) is 11.8 Å². The number of nitrogens with zero attached hydrogens (tertiary/aromatic N) is 2. The van der Waals surface area contributed by atoms with E-state index in [1.54, 1.807) is 6.92 Å². The van der Waals surface area contributed by atoms with E-state index in [-0.39, 0.29) is 0 Å². The maximum atomic E-state index is 12.0. The van der Waals surface area contributed by atoms with Crippen molar-refractivity contribution in [2.45, 2.75) is 32.6 Å². The van der Waals surface area contributed by atoms with Crippen molar-refractivity contribution in [2.24, 2.45) is 5.92 Å². The van der Waals surface area contributed by atoms with Crippen molar-refractivity contribution < 1.29 is 14.4 Å². The van der Waals surface area contributed by atoms with Crippen LogP contribution in [0.4, 0.5) is 4.79 Å². The third kappa shape index (κ3) is 1.85. The number of hydrogen-bond donors (Lipinski definition) is 0. The first-order valence-electron chi connectivity index (χ1n) is 5.88. The zero-order valence-electron chi connectivity index (χ0n) is 10.1. The van der Waals surface area contributed by atoms with Crippen LogP contribution in [-0.2, 0) is 9.59 Å². The molecular weight excluding hydrogens is 220 g/mol. The predicted octanol–water partition coefficient (Wildman–Crippen LogP) is 1.50. The second-order valence-electron chi connectivity index (χ2n) is 4.52. The molecule has 0 aromatic rings. The molecule has 1 aliphatic heterocycles. The van der Waals surface area contributed by atoms with E-state index in [1.807, 2.05) is 6.08 Å². The van der Waals surface area contributed by atoms with E-state index in [1.165, 1.54) is 11.9 Å². The van der Waals surface area contributed by atoms with Gasteiger partial charge >= 0.3 is 6.03 Å². The number of barbiturate groups is 1. The predicted molar refractivity (Wildman–Crippen MR) is 60.7 cm³/mol. The van der Waals surface area contributed by atoms with E-state index >= 15 is 0 Å². The van der Waals surface area contributed by atoms with Gasteiger partial charge in [-0.15, -0.1) is 0 Å². The van der Waals surface area contributed by atoms with Gasteiger partial charge in [-0.3, -0.25) is 14.5 Å². The number of carbonyl (C=O) groups excluding carboxylic acids is 3. The van der Waals surface area contributed by atoms with Crippen molar-refractivity contribution in [2.75, 3.05) is 7.05 Å². The number of carbonyl (C=O) groups is 3. The number of allylic oxidation sites excluding steroid dienone is 2. The van der Waals surface area contributed by atoms with Gasteiger partial charge in [0.1, 0.15) is 5.92 Å². The van der Waals surface area contributed by atoms with E-state index in [2.05, 4.69) is 0 Å². The molecule has 1 unspecified atom stereocenters. The van der Waals surface area contributed by atoms with Gasteiger partial charge in [0.15, 0.2) is 0 Å².